The molecule has 4 aromatic rings. The number of carbonyl (C=O) groups excluding carboxylic acids is 1. The Bertz CT molecular complexity index is 1340. The lowest BCUT2D eigenvalue weighted by molar-refractivity contribution is 0.0601. The lowest BCUT2D eigenvalue weighted by Crippen LogP contribution is -2.07. The van der Waals surface area contributed by atoms with Crippen LogP contribution < -0.4 is 9.47 Å². The average molecular weight is 414 g/mol. The van der Waals surface area contributed by atoms with Gasteiger partial charge in [0.25, 0.3) is 0 Å². The van der Waals surface area contributed by atoms with Crippen molar-refractivity contribution in [2.45, 2.75) is 0 Å². The Morgan fingerprint density at radius 1 is 1.03 bits per heavy atom. The van der Waals surface area contributed by atoms with Crippen molar-refractivity contribution in [1.29, 1.82) is 5.26 Å². The summed E-state index contributed by atoms with van der Waals surface area (Å²) in [4.78, 5) is 21.5. The molecule has 0 radical (unpaired) electrons. The number of methoxy groups -OCH3 is 3. The lowest BCUT2D eigenvalue weighted by Gasteiger charge is -2.12. The summed E-state index contributed by atoms with van der Waals surface area (Å²) in [5.41, 5.74) is 3.25. The molecule has 0 aliphatic heterocycles. The number of nitrogens with zero attached hydrogens (tertiary/aromatic N) is 4. The molecule has 0 saturated heterocycles. The molecule has 0 N–H and O–H groups in total. The predicted octanol–water partition coefficient (Wildman–Crippen LogP) is 3.76. The van der Waals surface area contributed by atoms with E-state index in [9.17, 15) is 10.1 Å². The van der Waals surface area contributed by atoms with Crippen LogP contribution in [0.1, 0.15) is 15.9 Å². The van der Waals surface area contributed by atoms with Crippen molar-refractivity contribution in [1.82, 2.24) is 14.5 Å². The minimum absolute atomic E-state index is 0.296. The number of hydrogen-bond acceptors (Lipinski definition) is 7. The van der Waals surface area contributed by atoms with E-state index in [-0.39, 0.29) is 0 Å². The zero-order chi connectivity index (χ0) is 22.0. The van der Waals surface area contributed by atoms with Gasteiger partial charge in [0.1, 0.15) is 12.1 Å². The summed E-state index contributed by atoms with van der Waals surface area (Å²) in [7, 11) is 4.44. The standard InChI is InChI=1S/C23H18N4O4/c1-29-19-10-17-18(11-20(19)30-2)27(13-25-17)21-8-7-16(23(28)31-3)22(26-21)15-6-4-5-14(9-15)12-24/h4-11,13H,1-3H3. The quantitative estimate of drug-likeness (QED) is 0.458. The van der Waals surface area contributed by atoms with Gasteiger partial charge in [-0.2, -0.15) is 5.26 Å². The SMILES string of the molecule is COC(=O)c1ccc(-n2cnc3cc(OC)c(OC)cc32)nc1-c1cccc(C#N)c1. The zero-order valence-corrected chi connectivity index (χ0v) is 17.1. The average Bonchev–Trinajstić information content (AvgIpc) is 3.25. The van der Waals surface area contributed by atoms with E-state index in [1.165, 1.54) is 7.11 Å². The van der Waals surface area contributed by atoms with Crippen LogP contribution in [0.2, 0.25) is 0 Å². The fourth-order valence-electron chi connectivity index (χ4n) is 3.33. The Kier molecular flexibility index (Phi) is 5.24. The van der Waals surface area contributed by atoms with Gasteiger partial charge in [-0.1, -0.05) is 12.1 Å². The third-order valence-corrected chi connectivity index (χ3v) is 4.85. The van der Waals surface area contributed by atoms with E-state index in [0.717, 1.165) is 5.52 Å². The van der Waals surface area contributed by atoms with Crippen LogP contribution in [-0.4, -0.2) is 41.8 Å². The van der Waals surface area contributed by atoms with Crippen LogP contribution >= 0.6 is 0 Å². The van der Waals surface area contributed by atoms with Crippen LogP contribution in [-0.2, 0) is 4.74 Å². The van der Waals surface area contributed by atoms with E-state index < -0.39 is 5.97 Å². The largest absolute Gasteiger partial charge is 0.493 e. The number of carbonyl (C=O) groups is 1. The van der Waals surface area contributed by atoms with Gasteiger partial charge in [0.05, 0.1) is 55.3 Å². The van der Waals surface area contributed by atoms with Crippen molar-refractivity contribution in [3.63, 3.8) is 0 Å². The van der Waals surface area contributed by atoms with Crippen LogP contribution in [0.25, 0.3) is 28.1 Å². The summed E-state index contributed by atoms with van der Waals surface area (Å²) in [5, 5.41) is 9.25. The van der Waals surface area contributed by atoms with Crippen LogP contribution in [0.5, 0.6) is 11.5 Å². The molecule has 0 aliphatic carbocycles. The second-order valence-electron chi connectivity index (χ2n) is 6.56. The molecule has 0 saturated carbocycles. The number of rotatable bonds is 5. The Morgan fingerprint density at radius 2 is 1.81 bits per heavy atom. The first-order valence-electron chi connectivity index (χ1n) is 9.29. The maximum Gasteiger partial charge on any atom is 0.340 e. The Morgan fingerprint density at radius 3 is 2.52 bits per heavy atom. The molecule has 31 heavy (non-hydrogen) atoms. The second-order valence-corrected chi connectivity index (χ2v) is 6.56. The molecule has 2 heterocycles. The van der Waals surface area contributed by atoms with Gasteiger partial charge in [0.15, 0.2) is 11.5 Å². The minimum atomic E-state index is -0.515. The number of pyridine rings is 1. The first-order valence-corrected chi connectivity index (χ1v) is 9.29. The molecular formula is C23H18N4O4. The van der Waals surface area contributed by atoms with Crippen LogP contribution in [0.4, 0.5) is 0 Å². The highest BCUT2D eigenvalue weighted by molar-refractivity contribution is 5.96. The fourth-order valence-corrected chi connectivity index (χ4v) is 3.33. The lowest BCUT2D eigenvalue weighted by atomic mass is 10.0. The van der Waals surface area contributed by atoms with Crippen LogP contribution in [0, 0.1) is 11.3 Å². The van der Waals surface area contributed by atoms with Crippen molar-refractivity contribution in [2.24, 2.45) is 0 Å². The Balaban J connectivity index is 1.92. The summed E-state index contributed by atoms with van der Waals surface area (Å²) in [6.07, 6.45) is 1.64. The van der Waals surface area contributed by atoms with Crippen LogP contribution in [0.3, 0.4) is 0 Å². The number of imidazole rings is 1. The molecule has 154 valence electrons. The van der Waals surface area contributed by atoms with Gasteiger partial charge in [-0.25, -0.2) is 14.8 Å². The molecule has 4 rings (SSSR count). The summed E-state index contributed by atoms with van der Waals surface area (Å²) in [6, 6.07) is 16.0. The van der Waals surface area contributed by atoms with Crippen molar-refractivity contribution in [3.8, 4) is 34.6 Å². The predicted molar refractivity (Wildman–Crippen MR) is 113 cm³/mol. The first-order chi connectivity index (χ1) is 15.1. The molecule has 2 aromatic heterocycles. The van der Waals surface area contributed by atoms with E-state index in [1.54, 1.807) is 67.6 Å². The normalized spacial score (nSPS) is 10.5. The summed E-state index contributed by atoms with van der Waals surface area (Å²) >= 11 is 0. The highest BCUT2D eigenvalue weighted by atomic mass is 16.5. The molecule has 0 spiro atoms. The van der Waals surface area contributed by atoms with Crippen molar-refractivity contribution >= 4 is 17.0 Å². The summed E-state index contributed by atoms with van der Waals surface area (Å²) in [5.74, 6) is 1.16. The Hall–Kier alpha value is -4.38. The number of aromatic nitrogens is 3. The number of nitriles is 1. The second kappa shape index (κ2) is 8.16. The third-order valence-electron chi connectivity index (χ3n) is 4.85. The van der Waals surface area contributed by atoms with Crippen LogP contribution in [0.15, 0.2) is 54.9 Å². The molecule has 0 unspecified atom stereocenters. The van der Waals surface area contributed by atoms with Gasteiger partial charge in [0, 0.05) is 17.7 Å². The maximum atomic E-state index is 12.3. The minimum Gasteiger partial charge on any atom is -0.493 e. The first kappa shape index (κ1) is 19.9. The van der Waals surface area contributed by atoms with Gasteiger partial charge in [0.2, 0.25) is 0 Å². The zero-order valence-electron chi connectivity index (χ0n) is 17.1. The van der Waals surface area contributed by atoms with Crippen molar-refractivity contribution < 1.29 is 19.0 Å². The molecule has 8 heteroatoms. The van der Waals surface area contributed by atoms with E-state index in [4.69, 9.17) is 19.2 Å². The molecule has 0 bridgehead atoms. The van der Waals surface area contributed by atoms with Gasteiger partial charge >= 0.3 is 5.97 Å². The number of ether oxygens (including phenoxy) is 3. The van der Waals surface area contributed by atoms with Crippen molar-refractivity contribution in [2.75, 3.05) is 21.3 Å². The molecule has 0 fully saturated rings. The van der Waals surface area contributed by atoms with E-state index in [1.807, 2.05) is 6.07 Å². The number of fused-ring (bicyclic) bond motifs is 1. The number of benzene rings is 2. The van der Waals surface area contributed by atoms with Gasteiger partial charge in [-0.05, 0) is 24.3 Å². The molecule has 0 amide bonds. The molecule has 0 aliphatic rings. The summed E-state index contributed by atoms with van der Waals surface area (Å²) < 4.78 is 17.5. The molecule has 2 aromatic carbocycles. The van der Waals surface area contributed by atoms with E-state index >= 15 is 0 Å². The highest BCUT2D eigenvalue weighted by Crippen LogP contribution is 2.33. The number of hydrogen-bond donors (Lipinski definition) is 0. The summed E-state index contributed by atoms with van der Waals surface area (Å²) in [6.45, 7) is 0. The van der Waals surface area contributed by atoms with Gasteiger partial charge in [-0.15, -0.1) is 0 Å². The monoisotopic (exact) mass is 414 g/mol. The van der Waals surface area contributed by atoms with Gasteiger partial charge < -0.3 is 14.2 Å². The topological polar surface area (TPSA) is 99.3 Å². The maximum absolute atomic E-state index is 12.3. The Labute approximate surface area is 178 Å². The number of esters is 1. The smallest absolute Gasteiger partial charge is 0.340 e. The van der Waals surface area contributed by atoms with Crippen molar-refractivity contribution in [3.05, 3.63) is 66.0 Å². The molecule has 8 nitrogen and oxygen atoms in total. The highest BCUT2D eigenvalue weighted by Gasteiger charge is 2.18. The van der Waals surface area contributed by atoms with E-state index in [0.29, 0.717) is 45.2 Å². The van der Waals surface area contributed by atoms with Gasteiger partial charge in [-0.3, -0.25) is 4.57 Å². The molecular weight excluding hydrogens is 396 g/mol. The third kappa shape index (κ3) is 3.53. The molecule has 0 atom stereocenters. The van der Waals surface area contributed by atoms with E-state index in [2.05, 4.69) is 11.1 Å². The fraction of sp³-hybridized carbons (Fsp3) is 0.130.